The van der Waals surface area contributed by atoms with Crippen molar-refractivity contribution in [2.45, 2.75) is 6.04 Å². The number of aldehydes is 1. The summed E-state index contributed by atoms with van der Waals surface area (Å²) in [6.45, 7) is 0. The number of carbonyl (C=O) groups excluding carboxylic acids is 1. The first-order chi connectivity index (χ1) is 11.7. The zero-order valence-corrected chi connectivity index (χ0v) is 13.4. The fourth-order valence-corrected chi connectivity index (χ4v) is 3.27. The van der Waals surface area contributed by atoms with Crippen LogP contribution in [0.15, 0.2) is 66.0 Å². The lowest BCUT2D eigenvalue weighted by atomic mass is 10.0. The molecule has 0 aliphatic heterocycles. The van der Waals surface area contributed by atoms with Crippen molar-refractivity contribution in [2.75, 3.05) is 5.32 Å². The molecule has 1 atom stereocenters. The molecule has 0 unspecified atom stereocenters. The molecule has 3 aromatic rings. The second-order valence-corrected chi connectivity index (χ2v) is 6.13. The Morgan fingerprint density at radius 3 is 2.50 bits per heavy atom. The Labute approximate surface area is 142 Å². The molecule has 1 heterocycles. The van der Waals surface area contributed by atoms with E-state index in [1.54, 1.807) is 23.5 Å². The van der Waals surface area contributed by atoms with Gasteiger partial charge in [-0.25, -0.2) is 0 Å². The third-order valence-corrected chi connectivity index (χ3v) is 4.55. The predicted molar refractivity (Wildman–Crippen MR) is 94.7 cm³/mol. The van der Waals surface area contributed by atoms with Crippen LogP contribution in [0.4, 0.5) is 11.4 Å². The number of hydrogen-bond donors (Lipinski definition) is 1. The van der Waals surface area contributed by atoms with Crippen molar-refractivity contribution < 1.29 is 9.72 Å². The lowest BCUT2D eigenvalue weighted by Gasteiger charge is -2.19. The monoisotopic (exact) mass is 338 g/mol. The Hall–Kier alpha value is -2.99. The van der Waals surface area contributed by atoms with Crippen LogP contribution in [0, 0.1) is 10.1 Å². The van der Waals surface area contributed by atoms with Crippen molar-refractivity contribution in [2.24, 2.45) is 0 Å². The number of rotatable bonds is 6. The highest BCUT2D eigenvalue weighted by atomic mass is 32.1. The zero-order valence-electron chi connectivity index (χ0n) is 12.6. The third-order valence-electron chi connectivity index (χ3n) is 3.62. The molecule has 6 heteroatoms. The Bertz CT molecular complexity index is 848. The minimum atomic E-state index is -0.480. The molecule has 0 spiro atoms. The van der Waals surface area contributed by atoms with Gasteiger partial charge in [-0.2, -0.15) is 0 Å². The van der Waals surface area contributed by atoms with Gasteiger partial charge in [-0.05, 0) is 29.1 Å². The minimum absolute atomic E-state index is 0.114. The zero-order chi connectivity index (χ0) is 16.9. The Morgan fingerprint density at radius 1 is 1.08 bits per heavy atom. The summed E-state index contributed by atoms with van der Waals surface area (Å²) in [6, 6.07) is 17.9. The molecule has 1 aromatic heterocycles. The van der Waals surface area contributed by atoms with Crippen molar-refractivity contribution >= 4 is 29.0 Å². The van der Waals surface area contributed by atoms with Gasteiger partial charge in [-0.15, -0.1) is 11.3 Å². The number of hydrogen-bond acceptors (Lipinski definition) is 5. The molecule has 2 aromatic carbocycles. The molecular formula is C18H14N2O3S. The first-order valence-electron chi connectivity index (χ1n) is 7.27. The summed E-state index contributed by atoms with van der Waals surface area (Å²) < 4.78 is 0. The van der Waals surface area contributed by atoms with E-state index in [0.717, 1.165) is 10.4 Å². The number of thiophene rings is 1. The van der Waals surface area contributed by atoms with Crippen LogP contribution in [0.3, 0.4) is 0 Å². The molecule has 0 fully saturated rings. The second-order valence-electron chi connectivity index (χ2n) is 5.16. The number of anilines is 1. The van der Waals surface area contributed by atoms with E-state index in [-0.39, 0.29) is 17.3 Å². The summed E-state index contributed by atoms with van der Waals surface area (Å²) in [5.41, 5.74) is 1.55. The highest BCUT2D eigenvalue weighted by Crippen LogP contribution is 2.33. The highest BCUT2D eigenvalue weighted by molar-refractivity contribution is 7.10. The quantitative estimate of drug-likeness (QED) is 0.403. The summed E-state index contributed by atoms with van der Waals surface area (Å²) in [5, 5.41) is 16.6. The van der Waals surface area contributed by atoms with Gasteiger partial charge >= 0.3 is 0 Å². The smallest absolute Gasteiger partial charge is 0.293 e. The predicted octanol–water partition coefficient (Wildman–Crippen LogP) is 4.67. The van der Waals surface area contributed by atoms with Crippen LogP contribution in [-0.2, 0) is 0 Å². The third kappa shape index (κ3) is 3.33. The molecule has 1 N–H and O–H groups in total. The van der Waals surface area contributed by atoms with Crippen LogP contribution in [0.2, 0.25) is 0 Å². The number of benzene rings is 2. The molecule has 24 heavy (non-hydrogen) atoms. The average molecular weight is 338 g/mol. The van der Waals surface area contributed by atoms with Crippen LogP contribution in [0.25, 0.3) is 0 Å². The molecule has 0 saturated heterocycles. The molecule has 0 radical (unpaired) electrons. The molecule has 0 amide bonds. The van der Waals surface area contributed by atoms with E-state index >= 15 is 0 Å². The van der Waals surface area contributed by atoms with E-state index in [1.165, 1.54) is 6.07 Å². The topological polar surface area (TPSA) is 72.2 Å². The summed E-state index contributed by atoms with van der Waals surface area (Å²) in [5.74, 6) is 0. The molecule has 0 aliphatic carbocycles. The van der Waals surface area contributed by atoms with Gasteiger partial charge in [0.25, 0.3) is 5.69 Å². The van der Waals surface area contributed by atoms with Gasteiger partial charge in [-0.3, -0.25) is 14.9 Å². The first kappa shape index (κ1) is 15.9. The van der Waals surface area contributed by atoms with Crippen LogP contribution < -0.4 is 5.32 Å². The van der Waals surface area contributed by atoms with Gasteiger partial charge < -0.3 is 5.32 Å². The van der Waals surface area contributed by atoms with E-state index in [9.17, 15) is 14.9 Å². The van der Waals surface area contributed by atoms with Gasteiger partial charge in [-0.1, -0.05) is 36.4 Å². The second kappa shape index (κ2) is 7.06. The molecular weight excluding hydrogens is 324 g/mol. The highest BCUT2D eigenvalue weighted by Gasteiger charge is 2.21. The number of nitro groups is 1. The van der Waals surface area contributed by atoms with Crippen molar-refractivity contribution in [1.29, 1.82) is 0 Å². The van der Waals surface area contributed by atoms with E-state index in [4.69, 9.17) is 0 Å². The molecule has 0 aliphatic rings. The Balaban J connectivity index is 2.03. The maximum atomic E-state index is 11.3. The number of nitro benzene ring substituents is 1. The van der Waals surface area contributed by atoms with Gasteiger partial charge in [0.2, 0.25) is 0 Å². The van der Waals surface area contributed by atoms with Gasteiger partial charge in [0.05, 0.1) is 11.0 Å². The van der Waals surface area contributed by atoms with Crippen LogP contribution in [0.5, 0.6) is 0 Å². The summed E-state index contributed by atoms with van der Waals surface area (Å²) in [6.07, 6.45) is 0.602. The number of nitrogens with one attached hydrogen (secondary N) is 1. The Morgan fingerprint density at radius 2 is 1.88 bits per heavy atom. The van der Waals surface area contributed by atoms with Gasteiger partial charge in [0.15, 0.2) is 0 Å². The summed E-state index contributed by atoms with van der Waals surface area (Å²) in [4.78, 5) is 22.8. The van der Waals surface area contributed by atoms with Crippen molar-refractivity contribution in [3.05, 3.63) is 92.2 Å². The van der Waals surface area contributed by atoms with Gasteiger partial charge in [0, 0.05) is 16.5 Å². The van der Waals surface area contributed by atoms with Crippen molar-refractivity contribution in [3.8, 4) is 0 Å². The number of nitrogens with zero attached hydrogens (tertiary/aromatic N) is 1. The SMILES string of the molecule is O=Cc1ccc(N[C@H](c2ccccc2)c2cccs2)c([N+](=O)[O-])c1. The summed E-state index contributed by atoms with van der Waals surface area (Å²) >= 11 is 1.58. The maximum absolute atomic E-state index is 11.3. The van der Waals surface area contributed by atoms with E-state index in [1.807, 2.05) is 47.8 Å². The van der Waals surface area contributed by atoms with Crippen LogP contribution in [0.1, 0.15) is 26.8 Å². The molecule has 120 valence electrons. The standard InChI is InChI=1S/C18H14N2O3S/c21-12-13-8-9-15(16(11-13)20(22)23)19-18(17-7-4-10-24-17)14-5-2-1-3-6-14/h1-12,18-19H/t18-/m1/s1. The lowest BCUT2D eigenvalue weighted by Crippen LogP contribution is -2.12. The molecule has 5 nitrogen and oxygen atoms in total. The van der Waals surface area contributed by atoms with E-state index < -0.39 is 4.92 Å². The maximum Gasteiger partial charge on any atom is 0.293 e. The van der Waals surface area contributed by atoms with E-state index in [2.05, 4.69) is 5.32 Å². The summed E-state index contributed by atoms with van der Waals surface area (Å²) in [7, 11) is 0. The molecule has 3 rings (SSSR count). The van der Waals surface area contributed by atoms with Crippen LogP contribution in [-0.4, -0.2) is 11.2 Å². The van der Waals surface area contributed by atoms with Crippen LogP contribution >= 0.6 is 11.3 Å². The average Bonchev–Trinajstić information content (AvgIpc) is 3.14. The lowest BCUT2D eigenvalue weighted by molar-refractivity contribution is -0.384. The first-order valence-corrected chi connectivity index (χ1v) is 8.15. The van der Waals surface area contributed by atoms with Gasteiger partial charge in [0.1, 0.15) is 12.0 Å². The van der Waals surface area contributed by atoms with Crippen molar-refractivity contribution in [1.82, 2.24) is 0 Å². The fourth-order valence-electron chi connectivity index (χ4n) is 2.47. The molecule has 0 saturated carbocycles. The van der Waals surface area contributed by atoms with E-state index in [0.29, 0.717) is 12.0 Å². The van der Waals surface area contributed by atoms with Crippen molar-refractivity contribution in [3.63, 3.8) is 0 Å². The normalized spacial score (nSPS) is 11.7. The number of carbonyl (C=O) groups is 1. The fraction of sp³-hybridized carbons (Fsp3) is 0.0556. The largest absolute Gasteiger partial charge is 0.368 e. The minimum Gasteiger partial charge on any atom is -0.368 e. The Kier molecular flexibility index (Phi) is 4.67. The molecule has 0 bridgehead atoms.